The van der Waals surface area contributed by atoms with Crippen LogP contribution in [0.5, 0.6) is 0 Å². The molecular formula is C14H10ClFN2OS. The second kappa shape index (κ2) is 6.53. The number of carbonyl (C=O) groups is 1. The Morgan fingerprint density at radius 1 is 1.40 bits per heavy atom. The van der Waals surface area contributed by atoms with Crippen molar-refractivity contribution in [2.45, 2.75) is 0 Å². The second-order valence-electron chi connectivity index (χ2n) is 3.76. The molecule has 3 nitrogen and oxygen atoms in total. The van der Waals surface area contributed by atoms with Gasteiger partial charge in [0.1, 0.15) is 5.82 Å². The van der Waals surface area contributed by atoms with Gasteiger partial charge in [-0.05, 0) is 30.3 Å². The molecule has 0 spiro atoms. The van der Waals surface area contributed by atoms with Crippen molar-refractivity contribution < 1.29 is 9.18 Å². The molecule has 3 N–H and O–H groups in total. The van der Waals surface area contributed by atoms with E-state index in [0.29, 0.717) is 14.9 Å². The molecule has 0 unspecified atom stereocenters. The maximum Gasteiger partial charge on any atom is 0.265 e. The number of nitrogens with one attached hydrogen (secondary N) is 1. The third kappa shape index (κ3) is 3.58. The van der Waals surface area contributed by atoms with E-state index in [-0.39, 0.29) is 18.0 Å². The van der Waals surface area contributed by atoms with Gasteiger partial charge in [-0.25, -0.2) is 4.39 Å². The van der Waals surface area contributed by atoms with Gasteiger partial charge in [0.2, 0.25) is 0 Å². The molecule has 0 bridgehead atoms. The smallest absolute Gasteiger partial charge is 0.265 e. The summed E-state index contributed by atoms with van der Waals surface area (Å²) in [6, 6.07) is 7.45. The molecule has 1 aromatic carbocycles. The van der Waals surface area contributed by atoms with Crippen LogP contribution in [-0.4, -0.2) is 12.5 Å². The number of anilines is 1. The number of benzene rings is 1. The number of rotatable bonds is 2. The van der Waals surface area contributed by atoms with Crippen molar-refractivity contribution in [2.75, 3.05) is 11.9 Å². The quantitative estimate of drug-likeness (QED) is 0.838. The molecule has 0 aliphatic heterocycles. The molecule has 20 heavy (non-hydrogen) atoms. The molecule has 0 radical (unpaired) electrons. The maximum absolute atomic E-state index is 13.5. The van der Waals surface area contributed by atoms with Gasteiger partial charge in [-0.1, -0.05) is 23.4 Å². The highest BCUT2D eigenvalue weighted by Crippen LogP contribution is 2.23. The third-order valence-corrected chi connectivity index (χ3v) is 3.58. The monoisotopic (exact) mass is 308 g/mol. The summed E-state index contributed by atoms with van der Waals surface area (Å²) in [5.41, 5.74) is 5.90. The summed E-state index contributed by atoms with van der Waals surface area (Å²) in [5.74, 6) is 4.43. The van der Waals surface area contributed by atoms with Gasteiger partial charge in [-0.3, -0.25) is 4.79 Å². The van der Waals surface area contributed by atoms with E-state index in [1.54, 1.807) is 12.1 Å². The number of carbonyl (C=O) groups excluding carboxylic acids is 1. The molecule has 1 amide bonds. The molecule has 2 aromatic rings. The Bertz CT molecular complexity index is 703. The third-order valence-electron chi connectivity index (χ3n) is 2.35. The lowest BCUT2D eigenvalue weighted by Gasteiger charge is -2.04. The van der Waals surface area contributed by atoms with Crippen LogP contribution in [0.25, 0.3) is 0 Å². The van der Waals surface area contributed by atoms with Crippen LogP contribution in [0.1, 0.15) is 15.2 Å². The van der Waals surface area contributed by atoms with Crippen LogP contribution >= 0.6 is 22.9 Å². The Hall–Kier alpha value is -1.87. The van der Waals surface area contributed by atoms with Gasteiger partial charge < -0.3 is 11.1 Å². The van der Waals surface area contributed by atoms with E-state index in [2.05, 4.69) is 17.2 Å². The summed E-state index contributed by atoms with van der Waals surface area (Å²) in [6.07, 6.45) is 0. The fraction of sp³-hybridized carbons (Fsp3) is 0.0714. The number of amides is 1. The summed E-state index contributed by atoms with van der Waals surface area (Å²) in [6.45, 7) is 0.143. The predicted octanol–water partition coefficient (Wildman–Crippen LogP) is 3.10. The molecule has 102 valence electrons. The van der Waals surface area contributed by atoms with Crippen LogP contribution in [0.3, 0.4) is 0 Å². The van der Waals surface area contributed by atoms with Gasteiger partial charge in [0.15, 0.2) is 0 Å². The molecule has 0 aliphatic carbocycles. The molecule has 6 heteroatoms. The topological polar surface area (TPSA) is 55.1 Å². The standard InChI is InChI=1S/C14H10ClFN2OS/c15-13-6-5-12(20-13)14(19)18-10-3-4-11(16)9(8-10)2-1-7-17/h3-6,8H,7,17H2,(H,18,19). The lowest BCUT2D eigenvalue weighted by molar-refractivity contribution is 0.103. The largest absolute Gasteiger partial charge is 0.321 e. The van der Waals surface area contributed by atoms with E-state index in [1.807, 2.05) is 0 Å². The fourth-order valence-corrected chi connectivity index (χ4v) is 2.41. The fourth-order valence-electron chi connectivity index (χ4n) is 1.47. The number of nitrogens with two attached hydrogens (primary N) is 1. The van der Waals surface area contributed by atoms with Crippen molar-refractivity contribution in [3.05, 3.63) is 50.9 Å². The summed E-state index contributed by atoms with van der Waals surface area (Å²) >= 11 is 6.94. The molecular weight excluding hydrogens is 299 g/mol. The maximum atomic E-state index is 13.5. The van der Waals surface area contributed by atoms with Gasteiger partial charge in [-0.2, -0.15) is 0 Å². The molecule has 1 heterocycles. The van der Waals surface area contributed by atoms with Crippen molar-refractivity contribution in [1.29, 1.82) is 0 Å². The SMILES string of the molecule is NCC#Cc1cc(NC(=O)c2ccc(Cl)s2)ccc1F. The van der Waals surface area contributed by atoms with E-state index in [4.69, 9.17) is 17.3 Å². The van der Waals surface area contributed by atoms with Crippen molar-refractivity contribution in [3.8, 4) is 11.8 Å². The highest BCUT2D eigenvalue weighted by atomic mass is 35.5. The minimum Gasteiger partial charge on any atom is -0.321 e. The van der Waals surface area contributed by atoms with Crippen LogP contribution in [0.15, 0.2) is 30.3 Å². The zero-order chi connectivity index (χ0) is 14.5. The summed E-state index contributed by atoms with van der Waals surface area (Å²) in [4.78, 5) is 12.4. The number of hydrogen-bond donors (Lipinski definition) is 2. The molecule has 0 saturated heterocycles. The van der Waals surface area contributed by atoms with E-state index in [1.165, 1.54) is 29.5 Å². The van der Waals surface area contributed by atoms with Crippen LogP contribution in [0.4, 0.5) is 10.1 Å². The van der Waals surface area contributed by atoms with Crippen molar-refractivity contribution >= 4 is 34.5 Å². The zero-order valence-electron chi connectivity index (χ0n) is 10.2. The molecule has 0 aliphatic rings. The number of thiophene rings is 1. The average molecular weight is 309 g/mol. The van der Waals surface area contributed by atoms with Gasteiger partial charge in [0, 0.05) is 5.69 Å². The van der Waals surface area contributed by atoms with Crippen molar-refractivity contribution in [3.63, 3.8) is 0 Å². The van der Waals surface area contributed by atoms with Gasteiger partial charge in [-0.15, -0.1) is 11.3 Å². The minimum absolute atomic E-state index is 0.143. The lowest BCUT2D eigenvalue weighted by atomic mass is 10.2. The molecule has 0 fully saturated rings. The summed E-state index contributed by atoms with van der Waals surface area (Å²) in [5, 5.41) is 2.66. The first-order valence-corrected chi connectivity index (χ1v) is 6.85. The van der Waals surface area contributed by atoms with Crippen LogP contribution < -0.4 is 11.1 Å². The molecule has 2 rings (SSSR count). The predicted molar refractivity (Wildman–Crippen MR) is 79.6 cm³/mol. The first kappa shape index (κ1) is 14.5. The normalized spacial score (nSPS) is 9.75. The second-order valence-corrected chi connectivity index (χ2v) is 5.47. The Kier molecular flexibility index (Phi) is 4.74. The lowest BCUT2D eigenvalue weighted by Crippen LogP contribution is -2.10. The first-order chi connectivity index (χ1) is 9.60. The summed E-state index contributed by atoms with van der Waals surface area (Å²) in [7, 11) is 0. The van der Waals surface area contributed by atoms with Crippen LogP contribution in [0, 0.1) is 17.7 Å². The zero-order valence-corrected chi connectivity index (χ0v) is 11.8. The average Bonchev–Trinajstić information content (AvgIpc) is 2.86. The van der Waals surface area contributed by atoms with E-state index in [9.17, 15) is 9.18 Å². The summed E-state index contributed by atoms with van der Waals surface area (Å²) < 4.78 is 14.0. The Balaban J connectivity index is 2.19. The molecule has 0 atom stereocenters. The highest BCUT2D eigenvalue weighted by Gasteiger charge is 2.10. The molecule has 0 saturated carbocycles. The van der Waals surface area contributed by atoms with Gasteiger partial charge in [0.05, 0.1) is 21.3 Å². The van der Waals surface area contributed by atoms with Gasteiger partial charge >= 0.3 is 0 Å². The minimum atomic E-state index is -0.455. The highest BCUT2D eigenvalue weighted by molar-refractivity contribution is 7.18. The van der Waals surface area contributed by atoms with Crippen molar-refractivity contribution in [1.82, 2.24) is 0 Å². The van der Waals surface area contributed by atoms with E-state index >= 15 is 0 Å². The number of hydrogen-bond acceptors (Lipinski definition) is 3. The van der Waals surface area contributed by atoms with E-state index < -0.39 is 5.82 Å². The van der Waals surface area contributed by atoms with E-state index in [0.717, 1.165) is 0 Å². The first-order valence-electron chi connectivity index (χ1n) is 5.65. The van der Waals surface area contributed by atoms with Gasteiger partial charge in [0.25, 0.3) is 5.91 Å². The molecule has 1 aromatic heterocycles. The Labute approximate surface area is 124 Å². The van der Waals surface area contributed by atoms with Crippen LogP contribution in [0.2, 0.25) is 4.34 Å². The number of halogens is 2. The van der Waals surface area contributed by atoms with Crippen molar-refractivity contribution in [2.24, 2.45) is 5.73 Å². The Morgan fingerprint density at radius 2 is 2.20 bits per heavy atom. The van der Waals surface area contributed by atoms with Crippen LogP contribution in [-0.2, 0) is 0 Å². The Morgan fingerprint density at radius 3 is 2.85 bits per heavy atom.